The SMILES string of the molecule is Oc1ccc2c(F)cc(F)cc2c1. The summed E-state index contributed by atoms with van der Waals surface area (Å²) in [7, 11) is 0. The van der Waals surface area contributed by atoms with Gasteiger partial charge in [-0.15, -0.1) is 0 Å². The number of hydrogen-bond donors (Lipinski definition) is 1. The second kappa shape index (κ2) is 2.69. The van der Waals surface area contributed by atoms with Gasteiger partial charge in [0.05, 0.1) is 0 Å². The van der Waals surface area contributed by atoms with Gasteiger partial charge in [0.25, 0.3) is 0 Å². The smallest absolute Gasteiger partial charge is 0.133 e. The first-order chi connectivity index (χ1) is 6.16. The van der Waals surface area contributed by atoms with E-state index in [-0.39, 0.29) is 5.75 Å². The normalized spacial score (nSPS) is 10.6. The molecule has 3 heteroatoms. The molecule has 13 heavy (non-hydrogen) atoms. The van der Waals surface area contributed by atoms with Crippen molar-refractivity contribution >= 4 is 10.8 Å². The van der Waals surface area contributed by atoms with Crippen LogP contribution in [0.15, 0.2) is 30.3 Å². The van der Waals surface area contributed by atoms with Crippen LogP contribution in [-0.2, 0) is 0 Å². The number of halogens is 2. The van der Waals surface area contributed by atoms with E-state index in [0.717, 1.165) is 6.07 Å². The minimum atomic E-state index is -0.643. The Morgan fingerprint density at radius 3 is 2.54 bits per heavy atom. The lowest BCUT2D eigenvalue weighted by Crippen LogP contribution is -1.82. The van der Waals surface area contributed by atoms with Crippen molar-refractivity contribution in [2.45, 2.75) is 0 Å². The molecule has 0 atom stereocenters. The molecule has 0 fully saturated rings. The van der Waals surface area contributed by atoms with Crippen LogP contribution in [0.3, 0.4) is 0 Å². The molecule has 2 aromatic carbocycles. The molecule has 0 saturated carbocycles. The van der Waals surface area contributed by atoms with Crippen molar-refractivity contribution in [1.29, 1.82) is 0 Å². The van der Waals surface area contributed by atoms with E-state index in [1.165, 1.54) is 24.3 Å². The van der Waals surface area contributed by atoms with E-state index in [4.69, 9.17) is 5.11 Å². The molecule has 0 bridgehead atoms. The van der Waals surface area contributed by atoms with Gasteiger partial charge in [0.2, 0.25) is 0 Å². The zero-order valence-electron chi connectivity index (χ0n) is 6.59. The number of hydrogen-bond acceptors (Lipinski definition) is 1. The Kier molecular flexibility index (Phi) is 1.65. The summed E-state index contributed by atoms with van der Waals surface area (Å²) >= 11 is 0. The second-order valence-corrected chi connectivity index (χ2v) is 2.79. The molecule has 0 aliphatic heterocycles. The summed E-state index contributed by atoms with van der Waals surface area (Å²) in [6.45, 7) is 0. The highest BCUT2D eigenvalue weighted by Gasteiger charge is 2.03. The van der Waals surface area contributed by atoms with E-state index in [2.05, 4.69) is 0 Å². The molecule has 0 aliphatic carbocycles. The van der Waals surface area contributed by atoms with Crippen LogP contribution in [0.4, 0.5) is 8.78 Å². The number of phenolic OH excluding ortho intramolecular Hbond substituents is 1. The van der Waals surface area contributed by atoms with Crippen molar-refractivity contribution in [1.82, 2.24) is 0 Å². The van der Waals surface area contributed by atoms with Crippen molar-refractivity contribution in [2.75, 3.05) is 0 Å². The van der Waals surface area contributed by atoms with E-state index >= 15 is 0 Å². The van der Waals surface area contributed by atoms with Crippen molar-refractivity contribution in [3.63, 3.8) is 0 Å². The van der Waals surface area contributed by atoms with Crippen LogP contribution in [0.25, 0.3) is 10.8 Å². The summed E-state index contributed by atoms with van der Waals surface area (Å²) in [5, 5.41) is 9.73. The zero-order valence-corrected chi connectivity index (χ0v) is 6.59. The van der Waals surface area contributed by atoms with Crippen LogP contribution in [0, 0.1) is 11.6 Å². The maximum Gasteiger partial charge on any atom is 0.133 e. The van der Waals surface area contributed by atoms with Gasteiger partial charge in [-0.25, -0.2) is 8.78 Å². The van der Waals surface area contributed by atoms with E-state index < -0.39 is 11.6 Å². The number of fused-ring (bicyclic) bond motifs is 1. The number of rotatable bonds is 0. The highest BCUT2D eigenvalue weighted by molar-refractivity contribution is 5.84. The van der Waals surface area contributed by atoms with Gasteiger partial charge < -0.3 is 5.11 Å². The molecular weight excluding hydrogens is 174 g/mol. The molecule has 1 N–H and O–H groups in total. The van der Waals surface area contributed by atoms with Gasteiger partial charge in [0, 0.05) is 11.5 Å². The highest BCUT2D eigenvalue weighted by Crippen LogP contribution is 2.23. The first-order valence-corrected chi connectivity index (χ1v) is 3.74. The van der Waals surface area contributed by atoms with E-state index in [0.29, 0.717) is 10.8 Å². The summed E-state index contributed by atoms with van der Waals surface area (Å²) in [4.78, 5) is 0. The van der Waals surface area contributed by atoms with Crippen LogP contribution < -0.4 is 0 Å². The molecule has 0 radical (unpaired) electrons. The minimum absolute atomic E-state index is 0.00231. The number of benzene rings is 2. The Bertz CT molecular complexity index is 460. The zero-order chi connectivity index (χ0) is 9.42. The predicted octanol–water partition coefficient (Wildman–Crippen LogP) is 2.82. The summed E-state index contributed by atoms with van der Waals surface area (Å²) in [5.41, 5.74) is 0. The van der Waals surface area contributed by atoms with Gasteiger partial charge in [-0.2, -0.15) is 0 Å². The third-order valence-electron chi connectivity index (χ3n) is 1.85. The minimum Gasteiger partial charge on any atom is -0.508 e. The molecule has 0 amide bonds. The Morgan fingerprint density at radius 2 is 1.77 bits per heavy atom. The van der Waals surface area contributed by atoms with Crippen molar-refractivity contribution in [2.24, 2.45) is 0 Å². The van der Waals surface area contributed by atoms with Gasteiger partial charge in [0.1, 0.15) is 17.4 Å². The molecule has 0 spiro atoms. The summed E-state index contributed by atoms with van der Waals surface area (Å²) in [6.07, 6.45) is 0. The third-order valence-corrected chi connectivity index (χ3v) is 1.85. The van der Waals surface area contributed by atoms with Gasteiger partial charge in [-0.1, -0.05) is 0 Å². The number of aromatic hydroxyl groups is 1. The van der Waals surface area contributed by atoms with E-state index in [1.807, 2.05) is 0 Å². The maximum atomic E-state index is 13.1. The summed E-state index contributed by atoms with van der Waals surface area (Å²) < 4.78 is 25.8. The lowest BCUT2D eigenvalue weighted by molar-refractivity contribution is 0.476. The van der Waals surface area contributed by atoms with Crippen LogP contribution >= 0.6 is 0 Å². The van der Waals surface area contributed by atoms with Crippen LogP contribution in [0.1, 0.15) is 0 Å². The Hall–Kier alpha value is -1.64. The Labute approximate surface area is 73.2 Å². The van der Waals surface area contributed by atoms with Crippen molar-refractivity contribution in [3.8, 4) is 5.75 Å². The highest BCUT2D eigenvalue weighted by atomic mass is 19.1. The number of phenols is 1. The van der Waals surface area contributed by atoms with Crippen molar-refractivity contribution in [3.05, 3.63) is 42.0 Å². The predicted molar refractivity (Wildman–Crippen MR) is 45.5 cm³/mol. The monoisotopic (exact) mass is 180 g/mol. The molecule has 1 nitrogen and oxygen atoms in total. The van der Waals surface area contributed by atoms with E-state index in [9.17, 15) is 8.78 Å². The first kappa shape index (κ1) is 7.98. The molecule has 0 unspecified atom stereocenters. The average molecular weight is 180 g/mol. The first-order valence-electron chi connectivity index (χ1n) is 3.74. The van der Waals surface area contributed by atoms with E-state index in [1.54, 1.807) is 0 Å². The lowest BCUT2D eigenvalue weighted by Gasteiger charge is -2.00. The Morgan fingerprint density at radius 1 is 1.00 bits per heavy atom. The molecule has 0 saturated heterocycles. The second-order valence-electron chi connectivity index (χ2n) is 2.79. The molecule has 0 aliphatic rings. The van der Waals surface area contributed by atoms with Crippen LogP contribution in [0.5, 0.6) is 5.75 Å². The topological polar surface area (TPSA) is 20.2 Å². The summed E-state index contributed by atoms with van der Waals surface area (Å²) in [6, 6.07) is 6.10. The maximum absolute atomic E-state index is 13.1. The molecule has 2 rings (SSSR count). The van der Waals surface area contributed by atoms with Gasteiger partial charge in [-0.3, -0.25) is 0 Å². The van der Waals surface area contributed by atoms with Crippen LogP contribution in [-0.4, -0.2) is 5.11 Å². The third kappa shape index (κ3) is 1.33. The largest absolute Gasteiger partial charge is 0.508 e. The average Bonchev–Trinajstić information content (AvgIpc) is 2.02. The molecule has 0 heterocycles. The van der Waals surface area contributed by atoms with Crippen LogP contribution in [0.2, 0.25) is 0 Å². The fraction of sp³-hybridized carbons (Fsp3) is 0. The molecule has 66 valence electrons. The van der Waals surface area contributed by atoms with Crippen molar-refractivity contribution < 1.29 is 13.9 Å². The standard InChI is InChI=1S/C10H6F2O/c11-7-3-6-4-8(13)1-2-9(6)10(12)5-7/h1-5,13H. The Balaban J connectivity index is 2.86. The lowest BCUT2D eigenvalue weighted by atomic mass is 10.1. The molecular formula is C10H6F2O. The molecule has 2 aromatic rings. The fourth-order valence-corrected chi connectivity index (χ4v) is 1.28. The fourth-order valence-electron chi connectivity index (χ4n) is 1.28. The van der Waals surface area contributed by atoms with Gasteiger partial charge in [-0.05, 0) is 29.7 Å². The van der Waals surface area contributed by atoms with Gasteiger partial charge in [0.15, 0.2) is 0 Å². The quantitative estimate of drug-likeness (QED) is 0.660. The molecule has 0 aromatic heterocycles. The van der Waals surface area contributed by atoms with Gasteiger partial charge >= 0.3 is 0 Å². The summed E-state index contributed by atoms with van der Waals surface area (Å²) in [5.74, 6) is -1.26.